The Morgan fingerprint density at radius 3 is 2.27 bits per heavy atom. The van der Waals surface area contributed by atoms with Gasteiger partial charge in [-0.05, 0) is 0 Å². The van der Waals surface area contributed by atoms with E-state index in [1.165, 1.54) is 0 Å². The molecule has 0 amide bonds. The quantitative estimate of drug-likeness (QED) is 0.436. The van der Waals surface area contributed by atoms with Gasteiger partial charge in [-0.2, -0.15) is 0 Å². The van der Waals surface area contributed by atoms with Crippen molar-refractivity contribution in [2.45, 2.75) is 36.8 Å². The summed E-state index contributed by atoms with van der Waals surface area (Å²) in [6.07, 6.45) is -5.22. The first-order valence-electron chi connectivity index (χ1n) is 4.70. The monoisotopic (exact) mass is 240 g/mol. The van der Waals surface area contributed by atoms with Crippen molar-refractivity contribution in [3.63, 3.8) is 0 Å². The number of aliphatic hydroxyl groups is 4. The third-order valence-electron chi connectivity index (χ3n) is 2.39. The highest BCUT2D eigenvalue weighted by Gasteiger charge is 2.45. The summed E-state index contributed by atoms with van der Waals surface area (Å²) in [6, 6.07) is 0. The molecule has 0 aromatic rings. The van der Waals surface area contributed by atoms with Gasteiger partial charge in [0.1, 0.15) is 24.4 Å². The lowest BCUT2D eigenvalue weighted by atomic mass is 10.0. The average Bonchev–Trinajstić information content (AvgIpc) is 2.25. The minimum absolute atomic E-state index is 0.267. The van der Waals surface area contributed by atoms with Crippen molar-refractivity contribution in [2.24, 2.45) is 0 Å². The second-order valence-electron chi connectivity index (χ2n) is 3.37. The van der Waals surface area contributed by atoms with Crippen LogP contribution in [-0.2, 0) is 15.5 Å². The van der Waals surface area contributed by atoms with E-state index in [1.807, 2.05) is 0 Å². The molecule has 0 aliphatic carbocycles. The van der Waals surface area contributed by atoms with Gasteiger partial charge in [0.05, 0.1) is 17.4 Å². The van der Waals surface area contributed by atoms with Gasteiger partial charge in [-0.1, -0.05) is 6.92 Å². The fraction of sp³-hybridized carbons (Fsp3) is 1.00. The zero-order valence-corrected chi connectivity index (χ0v) is 9.13. The number of hydrogen-bond donors (Lipinski definition) is 4. The van der Waals surface area contributed by atoms with Crippen LogP contribution in [0.3, 0.4) is 0 Å². The molecule has 0 aromatic heterocycles. The normalized spacial score (nSPS) is 43.9. The maximum atomic E-state index is 11.4. The molecule has 0 radical (unpaired) electrons. The Hall–Kier alpha value is -0.0500. The van der Waals surface area contributed by atoms with E-state index >= 15 is 0 Å². The Morgan fingerprint density at radius 1 is 1.20 bits per heavy atom. The van der Waals surface area contributed by atoms with Gasteiger partial charge in [0, 0.05) is 5.75 Å². The van der Waals surface area contributed by atoms with Crippen LogP contribution in [0.25, 0.3) is 0 Å². The molecule has 1 fully saturated rings. The van der Waals surface area contributed by atoms with Gasteiger partial charge in [-0.15, -0.1) is 0 Å². The largest absolute Gasteiger partial charge is 0.394 e. The van der Waals surface area contributed by atoms with Gasteiger partial charge in [0.25, 0.3) is 0 Å². The standard InChI is InChI=1S/C8H16O6S/c1-2-15(13)8-7(12)6(11)5(10)4(3-9)14-8/h4-12H,2-3H2,1H3/t4-,5+,6+,7-,8+,15?/m1/s1. The van der Waals surface area contributed by atoms with Crippen LogP contribution in [0.2, 0.25) is 0 Å². The molecule has 0 aromatic carbocycles. The first-order valence-corrected chi connectivity index (χ1v) is 6.08. The summed E-state index contributed by atoms with van der Waals surface area (Å²) in [7, 11) is -1.46. The van der Waals surface area contributed by atoms with E-state index in [4.69, 9.17) is 9.84 Å². The van der Waals surface area contributed by atoms with E-state index in [0.29, 0.717) is 0 Å². The van der Waals surface area contributed by atoms with Gasteiger partial charge in [-0.3, -0.25) is 4.21 Å². The molecule has 0 spiro atoms. The van der Waals surface area contributed by atoms with Crippen LogP contribution in [0.4, 0.5) is 0 Å². The molecule has 7 heteroatoms. The highest BCUT2D eigenvalue weighted by atomic mass is 32.2. The number of aliphatic hydroxyl groups excluding tert-OH is 4. The zero-order chi connectivity index (χ0) is 11.6. The first-order chi connectivity index (χ1) is 7.02. The minimum Gasteiger partial charge on any atom is -0.394 e. The summed E-state index contributed by atoms with van der Waals surface area (Å²) in [5.41, 5.74) is -1.06. The summed E-state index contributed by atoms with van der Waals surface area (Å²) in [5, 5.41) is 37.2. The van der Waals surface area contributed by atoms with E-state index < -0.39 is 47.3 Å². The molecule has 90 valence electrons. The highest BCUT2D eigenvalue weighted by molar-refractivity contribution is 7.85. The van der Waals surface area contributed by atoms with E-state index in [0.717, 1.165) is 0 Å². The number of rotatable bonds is 3. The molecule has 4 N–H and O–H groups in total. The van der Waals surface area contributed by atoms with E-state index in [-0.39, 0.29) is 5.75 Å². The topological polar surface area (TPSA) is 107 Å². The Labute approximate surface area is 90.0 Å². The Morgan fingerprint density at radius 2 is 1.80 bits per heavy atom. The van der Waals surface area contributed by atoms with Crippen LogP contribution in [-0.4, -0.2) is 66.8 Å². The van der Waals surface area contributed by atoms with Crippen LogP contribution in [0.5, 0.6) is 0 Å². The van der Waals surface area contributed by atoms with E-state index in [2.05, 4.69) is 0 Å². The van der Waals surface area contributed by atoms with Gasteiger partial charge >= 0.3 is 0 Å². The van der Waals surface area contributed by atoms with Crippen molar-refractivity contribution in [3.8, 4) is 0 Å². The van der Waals surface area contributed by atoms with Gasteiger partial charge < -0.3 is 25.2 Å². The third kappa shape index (κ3) is 2.55. The molecule has 1 unspecified atom stereocenters. The summed E-state index contributed by atoms with van der Waals surface area (Å²) in [5.74, 6) is 0.267. The van der Waals surface area contributed by atoms with Gasteiger partial charge in [-0.25, -0.2) is 0 Å². The fourth-order valence-electron chi connectivity index (χ4n) is 1.45. The summed E-state index contributed by atoms with van der Waals surface area (Å²) in [6.45, 7) is 1.15. The zero-order valence-electron chi connectivity index (χ0n) is 8.31. The lowest BCUT2D eigenvalue weighted by Gasteiger charge is -2.39. The highest BCUT2D eigenvalue weighted by Crippen LogP contribution is 2.23. The molecular weight excluding hydrogens is 224 g/mol. The predicted octanol–water partition coefficient (Wildman–Crippen LogP) is -2.45. The second kappa shape index (κ2) is 5.33. The van der Waals surface area contributed by atoms with Gasteiger partial charge in [0.15, 0.2) is 5.44 Å². The van der Waals surface area contributed by atoms with Crippen molar-refractivity contribution >= 4 is 10.8 Å². The van der Waals surface area contributed by atoms with Crippen LogP contribution < -0.4 is 0 Å². The molecule has 1 aliphatic rings. The van der Waals surface area contributed by atoms with Crippen LogP contribution in [0, 0.1) is 0 Å². The van der Waals surface area contributed by atoms with E-state index in [1.54, 1.807) is 6.92 Å². The second-order valence-corrected chi connectivity index (χ2v) is 5.17. The molecule has 0 saturated carbocycles. The van der Waals surface area contributed by atoms with Crippen LogP contribution in [0.1, 0.15) is 6.92 Å². The molecule has 6 atom stereocenters. The first kappa shape index (κ1) is 13.0. The summed E-state index contributed by atoms with van der Waals surface area (Å²) in [4.78, 5) is 0. The minimum atomic E-state index is -1.46. The van der Waals surface area contributed by atoms with Gasteiger partial charge in [0.2, 0.25) is 0 Å². The van der Waals surface area contributed by atoms with Crippen molar-refractivity contribution in [1.29, 1.82) is 0 Å². The molecule has 15 heavy (non-hydrogen) atoms. The molecule has 0 bridgehead atoms. The van der Waals surface area contributed by atoms with Crippen LogP contribution >= 0.6 is 0 Å². The Bertz CT molecular complexity index is 233. The van der Waals surface area contributed by atoms with Crippen molar-refractivity contribution in [2.75, 3.05) is 12.4 Å². The van der Waals surface area contributed by atoms with Crippen molar-refractivity contribution in [1.82, 2.24) is 0 Å². The molecule has 6 nitrogen and oxygen atoms in total. The average molecular weight is 240 g/mol. The van der Waals surface area contributed by atoms with E-state index in [9.17, 15) is 19.5 Å². The Balaban J connectivity index is 2.78. The molecular formula is C8H16O6S. The summed E-state index contributed by atoms with van der Waals surface area (Å²) < 4.78 is 16.5. The molecule has 1 aliphatic heterocycles. The van der Waals surface area contributed by atoms with Crippen molar-refractivity contribution < 1.29 is 29.4 Å². The Kier molecular flexibility index (Phi) is 4.63. The molecule has 1 heterocycles. The maximum Gasteiger partial charge on any atom is 0.161 e. The maximum absolute atomic E-state index is 11.4. The lowest BCUT2D eigenvalue weighted by Crippen LogP contribution is -2.59. The predicted molar refractivity (Wildman–Crippen MR) is 52.5 cm³/mol. The molecule has 1 rings (SSSR count). The number of ether oxygens (including phenoxy) is 1. The lowest BCUT2D eigenvalue weighted by molar-refractivity contribution is -0.206. The summed E-state index contributed by atoms with van der Waals surface area (Å²) >= 11 is 0. The van der Waals surface area contributed by atoms with Crippen LogP contribution in [0.15, 0.2) is 0 Å². The smallest absolute Gasteiger partial charge is 0.161 e. The third-order valence-corrected chi connectivity index (χ3v) is 3.87. The fourth-order valence-corrected chi connectivity index (χ4v) is 2.52. The number of hydrogen-bond acceptors (Lipinski definition) is 6. The molecule has 1 saturated heterocycles. The SMILES string of the molecule is CCS(=O)[C@@H]1O[C@H](CO)[C@H](O)[C@H](O)[C@H]1O. The van der Waals surface area contributed by atoms with Crippen molar-refractivity contribution in [3.05, 3.63) is 0 Å².